The molecule has 1 aromatic carbocycles. The predicted molar refractivity (Wildman–Crippen MR) is 103 cm³/mol. The number of rotatable bonds is 4. The zero-order valence-electron chi connectivity index (χ0n) is 17.2. The van der Waals surface area contributed by atoms with Crippen molar-refractivity contribution in [3.05, 3.63) is 29.3 Å². The van der Waals surface area contributed by atoms with E-state index in [2.05, 4.69) is 59.7 Å². The molecule has 1 aliphatic rings. The van der Waals surface area contributed by atoms with Gasteiger partial charge in [0.15, 0.2) is 0 Å². The average Bonchev–Trinajstić information content (AvgIpc) is 2.52. The lowest BCUT2D eigenvalue weighted by atomic mass is 9.59. The molecule has 2 nitrogen and oxygen atoms in total. The second-order valence-corrected chi connectivity index (χ2v) is 9.99. The third kappa shape index (κ3) is 2.65. The van der Waals surface area contributed by atoms with Crippen LogP contribution in [0.2, 0.25) is 0 Å². The highest BCUT2D eigenvalue weighted by Crippen LogP contribution is 2.61. The van der Waals surface area contributed by atoms with Crippen molar-refractivity contribution in [1.82, 2.24) is 0 Å². The van der Waals surface area contributed by atoms with E-state index in [9.17, 15) is 5.11 Å². The van der Waals surface area contributed by atoms with Crippen molar-refractivity contribution >= 4 is 12.9 Å². The van der Waals surface area contributed by atoms with Crippen LogP contribution in [0.15, 0.2) is 18.2 Å². The minimum absolute atomic E-state index is 0.0848. The van der Waals surface area contributed by atoms with Crippen LogP contribution in [-0.4, -0.2) is 23.8 Å². The number of aliphatic hydroxyl groups is 1. The summed E-state index contributed by atoms with van der Waals surface area (Å²) in [5, 5.41) is 10.3. The van der Waals surface area contributed by atoms with Gasteiger partial charge in [0.2, 0.25) is 0 Å². The lowest BCUT2D eigenvalue weighted by Crippen LogP contribution is -2.49. The fourth-order valence-electron chi connectivity index (χ4n) is 3.51. The Balaban J connectivity index is 2.35. The SMILES string of the molecule is CC(C)(O)C(C)(C)O[B]c1ccc2c(c1)C(C)(C)C(C)(C)C2(C)C. The summed E-state index contributed by atoms with van der Waals surface area (Å²) in [6.07, 6.45) is 0. The Bertz CT molecular complexity index is 634. The van der Waals surface area contributed by atoms with Crippen LogP contribution in [0.3, 0.4) is 0 Å². The van der Waals surface area contributed by atoms with E-state index in [0.717, 1.165) is 5.46 Å². The molecule has 24 heavy (non-hydrogen) atoms. The van der Waals surface area contributed by atoms with E-state index in [1.807, 2.05) is 13.8 Å². The normalized spacial score (nSPS) is 21.5. The van der Waals surface area contributed by atoms with Gasteiger partial charge in [-0.25, -0.2) is 0 Å². The molecule has 0 spiro atoms. The summed E-state index contributed by atoms with van der Waals surface area (Å²) >= 11 is 0. The van der Waals surface area contributed by atoms with Crippen LogP contribution in [0, 0.1) is 5.41 Å². The molecule has 0 unspecified atom stereocenters. The molecule has 1 N–H and O–H groups in total. The summed E-state index contributed by atoms with van der Waals surface area (Å²) in [5.74, 6) is 0. The van der Waals surface area contributed by atoms with E-state index >= 15 is 0 Å². The molecule has 3 heteroatoms. The third-order valence-electron chi connectivity index (χ3n) is 7.48. The van der Waals surface area contributed by atoms with Gasteiger partial charge < -0.3 is 9.76 Å². The predicted octanol–water partition coefficient (Wildman–Crippen LogP) is 4.09. The molecule has 0 aromatic heterocycles. The van der Waals surface area contributed by atoms with Gasteiger partial charge in [0.25, 0.3) is 0 Å². The highest BCUT2D eigenvalue weighted by atomic mass is 16.5. The first-order valence-corrected chi connectivity index (χ1v) is 8.94. The second kappa shape index (κ2) is 5.35. The van der Waals surface area contributed by atoms with Crippen molar-refractivity contribution in [2.45, 2.75) is 91.3 Å². The molecule has 0 heterocycles. The van der Waals surface area contributed by atoms with Crippen LogP contribution in [0.5, 0.6) is 0 Å². The largest absolute Gasteiger partial charge is 0.427 e. The van der Waals surface area contributed by atoms with Crippen LogP contribution in [-0.2, 0) is 15.5 Å². The van der Waals surface area contributed by atoms with E-state index in [0.29, 0.717) is 0 Å². The second-order valence-electron chi connectivity index (χ2n) is 9.99. The fraction of sp³-hybridized carbons (Fsp3) is 0.714. The molecule has 1 radical (unpaired) electrons. The van der Waals surface area contributed by atoms with Gasteiger partial charge in [0.05, 0.1) is 11.2 Å². The lowest BCUT2D eigenvalue weighted by molar-refractivity contribution is -0.0893. The quantitative estimate of drug-likeness (QED) is 0.843. The summed E-state index contributed by atoms with van der Waals surface area (Å²) < 4.78 is 5.94. The van der Waals surface area contributed by atoms with Crippen molar-refractivity contribution in [2.24, 2.45) is 5.41 Å². The Hall–Kier alpha value is -0.795. The molecule has 0 atom stereocenters. The van der Waals surface area contributed by atoms with Gasteiger partial charge in [0, 0.05) is 0 Å². The van der Waals surface area contributed by atoms with Gasteiger partial charge in [-0.2, -0.15) is 0 Å². The minimum atomic E-state index is -0.913. The molecule has 133 valence electrons. The molecular weight excluding hydrogens is 295 g/mol. The zero-order chi connectivity index (χ0) is 18.8. The summed E-state index contributed by atoms with van der Waals surface area (Å²) in [4.78, 5) is 0. The molecule has 0 aliphatic heterocycles. The molecule has 0 saturated carbocycles. The maximum absolute atomic E-state index is 10.3. The Labute approximate surface area is 149 Å². The van der Waals surface area contributed by atoms with E-state index in [-0.39, 0.29) is 16.2 Å². The summed E-state index contributed by atoms with van der Waals surface area (Å²) in [6.45, 7) is 21.5. The van der Waals surface area contributed by atoms with Gasteiger partial charge in [0.1, 0.15) is 0 Å². The standard InChI is InChI=1S/C21H34BO2/c1-17(2)15-12-11-14(22-24-21(9,10)20(7,8)23)13-16(15)18(3,4)19(17,5)6/h11-13,23H,1-10H3. The fourth-order valence-corrected chi connectivity index (χ4v) is 3.51. The maximum atomic E-state index is 10.3. The van der Waals surface area contributed by atoms with Crippen LogP contribution in [0.1, 0.15) is 80.4 Å². The summed E-state index contributed by atoms with van der Waals surface area (Å²) in [6, 6.07) is 6.63. The monoisotopic (exact) mass is 329 g/mol. The maximum Gasteiger partial charge on any atom is 0.330 e. The van der Waals surface area contributed by atoms with Gasteiger partial charge in [-0.05, 0) is 55.1 Å². The Morgan fingerprint density at radius 1 is 0.875 bits per heavy atom. The van der Waals surface area contributed by atoms with Crippen LogP contribution >= 0.6 is 0 Å². The number of fused-ring (bicyclic) bond motifs is 1. The van der Waals surface area contributed by atoms with Gasteiger partial charge in [-0.1, -0.05) is 65.2 Å². The molecule has 0 amide bonds. The lowest BCUT2D eigenvalue weighted by Gasteiger charge is -2.44. The highest BCUT2D eigenvalue weighted by molar-refractivity contribution is 6.47. The minimum Gasteiger partial charge on any atom is -0.427 e. The molecular formula is C21H34BO2. The molecule has 1 aliphatic carbocycles. The smallest absolute Gasteiger partial charge is 0.330 e. The van der Waals surface area contributed by atoms with Crippen molar-refractivity contribution in [2.75, 3.05) is 0 Å². The first-order chi connectivity index (χ1) is 10.6. The number of hydrogen-bond acceptors (Lipinski definition) is 2. The molecule has 0 bridgehead atoms. The molecule has 0 saturated heterocycles. The van der Waals surface area contributed by atoms with Crippen LogP contribution < -0.4 is 5.46 Å². The molecule has 1 aromatic rings. The van der Waals surface area contributed by atoms with E-state index in [1.165, 1.54) is 11.1 Å². The number of benzene rings is 1. The Morgan fingerprint density at radius 2 is 1.38 bits per heavy atom. The van der Waals surface area contributed by atoms with Gasteiger partial charge in [-0.3, -0.25) is 0 Å². The zero-order valence-corrected chi connectivity index (χ0v) is 17.2. The van der Waals surface area contributed by atoms with Gasteiger partial charge in [-0.15, -0.1) is 0 Å². The van der Waals surface area contributed by atoms with Crippen LogP contribution in [0.25, 0.3) is 0 Å². The Kier molecular flexibility index (Phi) is 4.35. The third-order valence-corrected chi connectivity index (χ3v) is 7.48. The summed E-state index contributed by atoms with van der Waals surface area (Å²) in [5.41, 5.74) is 2.68. The topological polar surface area (TPSA) is 29.5 Å². The van der Waals surface area contributed by atoms with E-state index in [1.54, 1.807) is 21.3 Å². The number of hydrogen-bond donors (Lipinski definition) is 1. The molecule has 0 fully saturated rings. The van der Waals surface area contributed by atoms with E-state index < -0.39 is 11.2 Å². The highest BCUT2D eigenvalue weighted by Gasteiger charge is 2.56. The first kappa shape index (κ1) is 19.5. The van der Waals surface area contributed by atoms with Crippen molar-refractivity contribution in [3.63, 3.8) is 0 Å². The van der Waals surface area contributed by atoms with Crippen molar-refractivity contribution in [3.8, 4) is 0 Å². The summed E-state index contributed by atoms with van der Waals surface area (Å²) in [7, 11) is 1.78. The van der Waals surface area contributed by atoms with Crippen molar-refractivity contribution in [1.29, 1.82) is 0 Å². The van der Waals surface area contributed by atoms with E-state index in [4.69, 9.17) is 4.65 Å². The van der Waals surface area contributed by atoms with Crippen LogP contribution in [0.4, 0.5) is 0 Å². The molecule has 2 rings (SSSR count). The Morgan fingerprint density at radius 3 is 1.88 bits per heavy atom. The van der Waals surface area contributed by atoms with Gasteiger partial charge >= 0.3 is 7.48 Å². The first-order valence-electron chi connectivity index (χ1n) is 8.94. The average molecular weight is 329 g/mol. The van der Waals surface area contributed by atoms with Crippen molar-refractivity contribution < 1.29 is 9.76 Å².